The van der Waals surface area contributed by atoms with Crippen molar-refractivity contribution in [3.8, 4) is 0 Å². The highest BCUT2D eigenvalue weighted by atomic mass is 16.3. The minimum atomic E-state index is -0.597. The molecule has 1 saturated carbocycles. The lowest BCUT2D eigenvalue weighted by molar-refractivity contribution is 0.207. The second-order valence-corrected chi connectivity index (χ2v) is 6.02. The lowest BCUT2D eigenvalue weighted by Gasteiger charge is -2.26. The Kier molecular flexibility index (Phi) is 3.62. The van der Waals surface area contributed by atoms with Crippen LogP contribution in [0.1, 0.15) is 68.0 Å². The average Bonchev–Trinajstić information content (AvgIpc) is 2.85. The molecule has 1 aromatic carbocycles. The van der Waals surface area contributed by atoms with Gasteiger partial charge in [-0.2, -0.15) is 0 Å². The molecule has 1 heterocycles. The van der Waals surface area contributed by atoms with Gasteiger partial charge >= 0.3 is 0 Å². The summed E-state index contributed by atoms with van der Waals surface area (Å²) >= 11 is 0. The largest absolute Gasteiger partial charge is 0.382 e. The van der Waals surface area contributed by atoms with Crippen LogP contribution in [0.2, 0.25) is 0 Å². The Labute approximate surface area is 120 Å². The predicted molar refractivity (Wildman–Crippen MR) is 79.7 cm³/mol. The predicted octanol–water partition coefficient (Wildman–Crippen LogP) is 3.81. The fraction of sp³-hybridized carbons (Fsp3) is 0.471. The average molecular weight is 270 g/mol. The maximum Gasteiger partial charge on any atom is 0.121 e. The third kappa shape index (κ3) is 2.38. The van der Waals surface area contributed by atoms with Crippen LogP contribution in [0, 0.1) is 0 Å². The number of aliphatic hydroxyl groups excluding tert-OH is 1. The Hall–Kier alpha value is -1.61. The van der Waals surface area contributed by atoms with Gasteiger partial charge < -0.3 is 9.67 Å². The van der Waals surface area contributed by atoms with Gasteiger partial charge in [-0.3, -0.25) is 0 Å². The van der Waals surface area contributed by atoms with Gasteiger partial charge in [0.1, 0.15) is 6.10 Å². The van der Waals surface area contributed by atoms with E-state index in [2.05, 4.69) is 37.0 Å². The van der Waals surface area contributed by atoms with E-state index >= 15 is 0 Å². The highest BCUT2D eigenvalue weighted by molar-refractivity contribution is 5.32. The number of benzene rings is 1. The summed E-state index contributed by atoms with van der Waals surface area (Å²) in [6.45, 7) is 4.20. The molecule has 1 N–H and O–H groups in total. The van der Waals surface area contributed by atoms with Crippen molar-refractivity contribution in [1.82, 2.24) is 9.55 Å². The lowest BCUT2D eigenvalue weighted by atomic mass is 9.79. The van der Waals surface area contributed by atoms with Gasteiger partial charge in [-0.05, 0) is 43.7 Å². The molecule has 20 heavy (non-hydrogen) atoms. The molecule has 106 valence electrons. The van der Waals surface area contributed by atoms with Gasteiger partial charge in [0.05, 0.1) is 18.2 Å². The molecule has 1 aromatic heterocycles. The van der Waals surface area contributed by atoms with Crippen LogP contribution < -0.4 is 0 Å². The second-order valence-electron chi connectivity index (χ2n) is 6.02. The second kappa shape index (κ2) is 5.41. The summed E-state index contributed by atoms with van der Waals surface area (Å²) in [4.78, 5) is 4.18. The first-order valence-electron chi connectivity index (χ1n) is 7.46. The fourth-order valence-electron chi connectivity index (χ4n) is 2.85. The van der Waals surface area contributed by atoms with Crippen molar-refractivity contribution in [1.29, 1.82) is 0 Å². The van der Waals surface area contributed by atoms with Crippen molar-refractivity contribution in [2.24, 2.45) is 0 Å². The van der Waals surface area contributed by atoms with Gasteiger partial charge in [-0.1, -0.05) is 30.7 Å². The first-order valence-corrected chi connectivity index (χ1v) is 7.46. The van der Waals surface area contributed by atoms with Crippen molar-refractivity contribution < 1.29 is 5.11 Å². The zero-order valence-corrected chi connectivity index (χ0v) is 12.2. The minimum absolute atomic E-state index is 0.303. The molecule has 0 amide bonds. The number of aliphatic hydroxyl groups is 1. The van der Waals surface area contributed by atoms with E-state index in [1.807, 2.05) is 10.6 Å². The highest BCUT2D eigenvalue weighted by Gasteiger charge is 2.22. The van der Waals surface area contributed by atoms with E-state index in [1.54, 1.807) is 12.5 Å². The Morgan fingerprint density at radius 3 is 2.75 bits per heavy atom. The highest BCUT2D eigenvalue weighted by Crippen LogP contribution is 2.37. The topological polar surface area (TPSA) is 38.0 Å². The van der Waals surface area contributed by atoms with Crippen molar-refractivity contribution in [3.05, 3.63) is 53.6 Å². The molecule has 1 aliphatic rings. The van der Waals surface area contributed by atoms with E-state index in [-0.39, 0.29) is 0 Å². The molecule has 3 heteroatoms. The van der Waals surface area contributed by atoms with E-state index in [9.17, 15) is 5.11 Å². The van der Waals surface area contributed by atoms with Crippen LogP contribution in [0.3, 0.4) is 0 Å². The van der Waals surface area contributed by atoms with Gasteiger partial charge in [0.15, 0.2) is 0 Å². The van der Waals surface area contributed by atoms with Crippen LogP contribution in [-0.2, 0) is 0 Å². The van der Waals surface area contributed by atoms with Gasteiger partial charge in [-0.25, -0.2) is 4.98 Å². The molecule has 0 radical (unpaired) electrons. The van der Waals surface area contributed by atoms with E-state index in [4.69, 9.17) is 0 Å². The zero-order valence-electron chi connectivity index (χ0n) is 12.2. The van der Waals surface area contributed by atoms with Crippen LogP contribution >= 0.6 is 0 Å². The Balaban J connectivity index is 1.89. The van der Waals surface area contributed by atoms with E-state index in [0.717, 1.165) is 11.3 Å². The summed E-state index contributed by atoms with van der Waals surface area (Å²) < 4.78 is 2.03. The maximum absolute atomic E-state index is 10.6. The molecule has 1 aliphatic carbocycles. The molecular weight excluding hydrogens is 248 g/mol. The molecule has 0 spiro atoms. The monoisotopic (exact) mass is 270 g/mol. The number of hydrogen-bond acceptors (Lipinski definition) is 2. The normalized spacial score (nSPS) is 17.2. The lowest BCUT2D eigenvalue weighted by Crippen LogP contribution is -2.12. The van der Waals surface area contributed by atoms with Crippen LogP contribution in [0.25, 0.3) is 0 Å². The summed E-state index contributed by atoms with van der Waals surface area (Å²) in [6.07, 6.45) is 6.85. The van der Waals surface area contributed by atoms with Crippen molar-refractivity contribution >= 4 is 0 Å². The summed E-state index contributed by atoms with van der Waals surface area (Å²) in [5.41, 5.74) is 3.20. The summed E-state index contributed by atoms with van der Waals surface area (Å²) in [6, 6.07) is 8.70. The molecular formula is C17H22N2O. The van der Waals surface area contributed by atoms with E-state index < -0.39 is 6.10 Å². The molecule has 1 atom stereocenters. The van der Waals surface area contributed by atoms with Crippen molar-refractivity contribution in [2.75, 3.05) is 0 Å². The molecule has 1 unspecified atom stereocenters. The molecule has 2 aromatic rings. The number of imidazole rings is 1. The van der Waals surface area contributed by atoms with Gasteiger partial charge in [-0.15, -0.1) is 0 Å². The van der Waals surface area contributed by atoms with E-state index in [0.29, 0.717) is 12.0 Å². The molecule has 0 aliphatic heterocycles. The quantitative estimate of drug-likeness (QED) is 0.917. The number of aromatic nitrogens is 2. The van der Waals surface area contributed by atoms with Gasteiger partial charge in [0.25, 0.3) is 0 Å². The molecule has 3 nitrogen and oxygen atoms in total. The smallest absolute Gasteiger partial charge is 0.121 e. The number of rotatable bonds is 4. The Bertz CT molecular complexity index is 584. The van der Waals surface area contributed by atoms with Crippen LogP contribution in [-0.4, -0.2) is 14.7 Å². The molecule has 0 bridgehead atoms. The van der Waals surface area contributed by atoms with Crippen LogP contribution in [0.5, 0.6) is 0 Å². The number of nitrogens with zero attached hydrogens (tertiary/aromatic N) is 2. The Morgan fingerprint density at radius 2 is 2.10 bits per heavy atom. The van der Waals surface area contributed by atoms with E-state index in [1.165, 1.54) is 24.8 Å². The third-order valence-corrected chi connectivity index (χ3v) is 4.34. The SMILES string of the molecule is CC(C)n1cncc1C(O)c1cccc(C2CCC2)c1. The van der Waals surface area contributed by atoms with Crippen LogP contribution in [0.15, 0.2) is 36.8 Å². The first-order chi connectivity index (χ1) is 9.66. The Morgan fingerprint density at radius 1 is 1.30 bits per heavy atom. The number of hydrogen-bond donors (Lipinski definition) is 1. The van der Waals surface area contributed by atoms with Crippen LogP contribution in [0.4, 0.5) is 0 Å². The standard InChI is InChI=1S/C17H22N2O/c1-12(2)19-11-18-10-16(19)17(20)15-8-4-7-14(9-15)13-5-3-6-13/h4,7-13,17,20H,3,5-6H2,1-2H3. The van der Waals surface area contributed by atoms with Gasteiger partial charge in [0, 0.05) is 6.04 Å². The summed E-state index contributed by atoms with van der Waals surface area (Å²) in [5, 5.41) is 10.6. The van der Waals surface area contributed by atoms with Crippen molar-refractivity contribution in [2.45, 2.75) is 51.2 Å². The van der Waals surface area contributed by atoms with Gasteiger partial charge in [0.2, 0.25) is 0 Å². The molecule has 0 saturated heterocycles. The van der Waals surface area contributed by atoms with Crippen molar-refractivity contribution in [3.63, 3.8) is 0 Å². The first kappa shape index (κ1) is 13.4. The molecule has 3 rings (SSSR count). The zero-order chi connectivity index (χ0) is 14.1. The summed E-state index contributed by atoms with van der Waals surface area (Å²) in [5.74, 6) is 0.692. The molecule has 1 fully saturated rings. The maximum atomic E-state index is 10.6. The summed E-state index contributed by atoms with van der Waals surface area (Å²) in [7, 11) is 0. The third-order valence-electron chi connectivity index (χ3n) is 4.34. The minimum Gasteiger partial charge on any atom is -0.382 e. The fourth-order valence-corrected chi connectivity index (χ4v) is 2.85.